The summed E-state index contributed by atoms with van der Waals surface area (Å²) in [6.45, 7) is 0. The fourth-order valence-corrected chi connectivity index (χ4v) is 15.4. The molecule has 10 aromatic carbocycles. The van der Waals surface area contributed by atoms with Gasteiger partial charge in [0.25, 0.3) is 0 Å². The molecule has 0 amide bonds. The molecule has 10 aromatic rings. The Hall–Kier alpha value is -8.94. The van der Waals surface area contributed by atoms with Crippen LogP contribution in [0.5, 0.6) is 0 Å². The Morgan fingerprint density at radius 3 is 0.697 bits per heavy atom. The molecule has 368 valence electrons. The van der Waals surface area contributed by atoms with E-state index in [1.54, 1.807) is 0 Å². The molecule has 0 N–H and O–H groups in total. The molecule has 0 heterocycles. The first kappa shape index (κ1) is 49.3. The second-order valence-electron chi connectivity index (χ2n) is 18.8. The Bertz CT molecular complexity index is 2970. The fourth-order valence-electron chi connectivity index (χ4n) is 11.2. The fraction of sp³-hybridized carbons (Fsp3) is 0.0580. The van der Waals surface area contributed by atoms with Crippen molar-refractivity contribution in [1.82, 2.24) is 0 Å². The van der Waals surface area contributed by atoms with E-state index in [9.17, 15) is 0 Å². The number of hydrogen-bond acceptors (Lipinski definition) is 6. The topological polar surface area (TPSA) is 78.9 Å². The SMILES string of the molecule is O=C([O][Ti]([O]C(=O)C(c1ccccc1)(c1ccccc1)c1ccccc1)([O]C(=O)C(c1ccccc1)(c1ccccc1)c1ccccc1)[CH]1C=Cc2ccccc21)C(c1ccccc1)(c1ccccc1)c1ccccc1. The van der Waals surface area contributed by atoms with Crippen LogP contribution in [-0.4, -0.2) is 17.9 Å². The maximum absolute atomic E-state index is 17.1. The van der Waals surface area contributed by atoms with Crippen LogP contribution in [0.25, 0.3) is 6.08 Å². The van der Waals surface area contributed by atoms with Gasteiger partial charge < -0.3 is 0 Å². The average Bonchev–Trinajstić information content (AvgIpc) is 3.94. The van der Waals surface area contributed by atoms with E-state index in [4.69, 9.17) is 9.96 Å². The van der Waals surface area contributed by atoms with Crippen molar-refractivity contribution in [3.8, 4) is 0 Å². The van der Waals surface area contributed by atoms with Gasteiger partial charge >= 0.3 is 451 Å². The van der Waals surface area contributed by atoms with Gasteiger partial charge in [0, 0.05) is 0 Å². The van der Waals surface area contributed by atoms with Crippen molar-refractivity contribution < 1.29 is 42.1 Å². The molecule has 0 bridgehead atoms. The maximum atomic E-state index is 17.1. The van der Waals surface area contributed by atoms with Gasteiger partial charge in [-0.2, -0.15) is 0 Å². The Labute approximate surface area is 448 Å². The Morgan fingerprint density at radius 1 is 0.276 bits per heavy atom. The second kappa shape index (κ2) is 21.5. The van der Waals surface area contributed by atoms with E-state index in [2.05, 4.69) is 0 Å². The molecule has 1 aliphatic rings. The standard InChI is InChI=1S/3C20H16O2.C9H7.Ti/c3*21-19(22)20(16-10-4-1-5-11-16,17-12-6-2-7-13-17)18-14-8-3-9-15-18;1-2-5-9-7-3-6-8(9)4-1;/h3*1-15H,(H,21,22);1-7H;/q;;;;+3/p-3. The predicted octanol–water partition coefficient (Wildman–Crippen LogP) is 14.4. The van der Waals surface area contributed by atoms with E-state index in [0.717, 1.165) is 5.56 Å². The van der Waals surface area contributed by atoms with E-state index in [1.807, 2.05) is 309 Å². The quantitative estimate of drug-likeness (QED) is 0.0709. The summed E-state index contributed by atoms with van der Waals surface area (Å²) in [6.07, 6.45) is 3.80. The summed E-state index contributed by atoms with van der Waals surface area (Å²) in [5.41, 5.74) is 1.68. The zero-order chi connectivity index (χ0) is 51.8. The average molecular weight is 1030 g/mol. The van der Waals surface area contributed by atoms with Crippen LogP contribution in [0.15, 0.2) is 303 Å². The number of carbonyl (C=O) groups is 3. The molecule has 0 saturated carbocycles. The molecule has 11 rings (SSSR count). The van der Waals surface area contributed by atoms with Gasteiger partial charge in [-0.1, -0.05) is 0 Å². The van der Waals surface area contributed by atoms with Crippen LogP contribution in [0.4, 0.5) is 0 Å². The van der Waals surface area contributed by atoms with Crippen LogP contribution >= 0.6 is 0 Å². The van der Waals surface area contributed by atoms with Crippen LogP contribution in [0, 0.1) is 0 Å². The van der Waals surface area contributed by atoms with Gasteiger partial charge in [-0.3, -0.25) is 0 Å². The first-order chi connectivity index (χ1) is 37.4. The van der Waals surface area contributed by atoms with E-state index >= 15 is 14.4 Å². The van der Waals surface area contributed by atoms with Crippen molar-refractivity contribution in [3.05, 3.63) is 365 Å². The molecule has 0 fully saturated rings. The van der Waals surface area contributed by atoms with Crippen molar-refractivity contribution in [2.75, 3.05) is 0 Å². The van der Waals surface area contributed by atoms with E-state index in [0.29, 0.717) is 55.6 Å². The molecule has 76 heavy (non-hydrogen) atoms. The summed E-state index contributed by atoms with van der Waals surface area (Å²) in [6, 6.07) is 92.9. The molecule has 0 saturated heterocycles. The van der Waals surface area contributed by atoms with Gasteiger partial charge in [-0.05, 0) is 0 Å². The minimum absolute atomic E-state index is 0.591. The van der Waals surface area contributed by atoms with Gasteiger partial charge in [0.15, 0.2) is 0 Å². The van der Waals surface area contributed by atoms with Crippen molar-refractivity contribution in [2.45, 2.75) is 20.5 Å². The summed E-state index contributed by atoms with van der Waals surface area (Å²) in [7, 11) is 0. The van der Waals surface area contributed by atoms with E-state index in [1.165, 1.54) is 0 Å². The van der Waals surface area contributed by atoms with E-state index < -0.39 is 56.1 Å². The summed E-state index contributed by atoms with van der Waals surface area (Å²) in [5, 5.41) is 0. The predicted molar refractivity (Wildman–Crippen MR) is 294 cm³/mol. The van der Waals surface area contributed by atoms with Crippen LogP contribution in [0.3, 0.4) is 0 Å². The minimum atomic E-state index is -6.36. The van der Waals surface area contributed by atoms with E-state index in [-0.39, 0.29) is 0 Å². The number of rotatable bonds is 16. The molecule has 0 aromatic heterocycles. The molecule has 0 aliphatic heterocycles. The van der Waals surface area contributed by atoms with Crippen molar-refractivity contribution in [1.29, 1.82) is 0 Å². The van der Waals surface area contributed by atoms with Crippen LogP contribution < -0.4 is 0 Å². The normalized spacial score (nSPS) is 13.2. The van der Waals surface area contributed by atoms with Crippen molar-refractivity contribution >= 4 is 24.0 Å². The summed E-state index contributed by atoms with van der Waals surface area (Å²) in [4.78, 5) is 51.2. The van der Waals surface area contributed by atoms with Crippen molar-refractivity contribution in [3.63, 3.8) is 0 Å². The third-order valence-corrected chi connectivity index (χ3v) is 18.8. The van der Waals surface area contributed by atoms with Crippen LogP contribution in [0.2, 0.25) is 0 Å². The second-order valence-corrected chi connectivity index (χ2v) is 22.6. The molecule has 0 radical (unpaired) electrons. The zero-order valence-electron chi connectivity index (χ0n) is 41.5. The third-order valence-electron chi connectivity index (χ3n) is 14.7. The third kappa shape index (κ3) is 8.61. The van der Waals surface area contributed by atoms with Crippen LogP contribution in [-0.2, 0) is 58.3 Å². The van der Waals surface area contributed by atoms with Gasteiger partial charge in [0.2, 0.25) is 0 Å². The summed E-state index contributed by atoms with van der Waals surface area (Å²) >= 11 is -6.36. The Kier molecular flexibility index (Phi) is 13.9. The Balaban J connectivity index is 1.24. The number of allylic oxidation sites excluding steroid dienone is 1. The first-order valence-electron chi connectivity index (χ1n) is 25.4. The number of benzene rings is 10. The van der Waals surface area contributed by atoms with Gasteiger partial charge in [0.05, 0.1) is 0 Å². The molecule has 1 aliphatic carbocycles. The van der Waals surface area contributed by atoms with Gasteiger partial charge in [-0.15, -0.1) is 0 Å². The molecule has 6 nitrogen and oxygen atoms in total. The zero-order valence-corrected chi connectivity index (χ0v) is 43.0. The summed E-state index contributed by atoms with van der Waals surface area (Å²) in [5.74, 6) is -2.36. The number of carbonyl (C=O) groups excluding carboxylic acids is 3. The van der Waals surface area contributed by atoms with Gasteiger partial charge in [-0.25, -0.2) is 0 Å². The molecular formula is C69H52O6Ti. The van der Waals surface area contributed by atoms with Gasteiger partial charge in [0.1, 0.15) is 0 Å². The van der Waals surface area contributed by atoms with Crippen molar-refractivity contribution in [2.24, 2.45) is 0 Å². The molecule has 1 atom stereocenters. The monoisotopic (exact) mass is 1020 g/mol. The molecule has 1 unspecified atom stereocenters. The first-order valence-corrected chi connectivity index (χ1v) is 28.2. The molecule has 7 heteroatoms. The number of fused-ring (bicyclic) bond motifs is 1. The number of hydrogen-bond donors (Lipinski definition) is 0. The summed E-state index contributed by atoms with van der Waals surface area (Å²) < 4.78 is 21.6. The molecule has 0 spiro atoms. The molecular weight excluding hydrogens is 973 g/mol. The Morgan fingerprint density at radius 2 is 0.474 bits per heavy atom. The van der Waals surface area contributed by atoms with Crippen LogP contribution in [0.1, 0.15) is 65.4 Å².